The lowest BCUT2D eigenvalue weighted by Gasteiger charge is -2.39. The van der Waals surface area contributed by atoms with Gasteiger partial charge in [-0.2, -0.15) is 0 Å². The van der Waals surface area contributed by atoms with E-state index in [2.05, 4.69) is 10.3 Å². The van der Waals surface area contributed by atoms with Crippen molar-refractivity contribution in [2.24, 2.45) is 5.92 Å². The average molecular weight is 249 g/mol. The second kappa shape index (κ2) is 4.72. The number of ether oxygens (including phenoxy) is 1. The molecule has 1 aliphatic carbocycles. The molecule has 1 aromatic rings. The topological polar surface area (TPSA) is 56.2 Å². The van der Waals surface area contributed by atoms with Gasteiger partial charge in [0.1, 0.15) is 12.4 Å². The van der Waals surface area contributed by atoms with E-state index in [0.717, 1.165) is 31.7 Å². The van der Waals surface area contributed by atoms with Crippen LogP contribution in [-0.4, -0.2) is 34.2 Å². The molecule has 18 heavy (non-hydrogen) atoms. The van der Waals surface area contributed by atoms with E-state index >= 15 is 0 Å². The van der Waals surface area contributed by atoms with E-state index in [1.807, 2.05) is 17.7 Å². The van der Waals surface area contributed by atoms with E-state index in [1.54, 1.807) is 6.20 Å². The lowest BCUT2D eigenvalue weighted by Crippen LogP contribution is -2.54. The van der Waals surface area contributed by atoms with Crippen molar-refractivity contribution in [2.45, 2.75) is 44.9 Å². The van der Waals surface area contributed by atoms with Gasteiger partial charge in [-0.15, -0.1) is 0 Å². The van der Waals surface area contributed by atoms with Gasteiger partial charge in [-0.3, -0.25) is 4.79 Å². The van der Waals surface area contributed by atoms with E-state index in [1.165, 1.54) is 0 Å². The smallest absolute Gasteiger partial charge is 0.240 e. The van der Waals surface area contributed by atoms with Crippen LogP contribution < -0.4 is 5.32 Å². The van der Waals surface area contributed by atoms with Gasteiger partial charge in [-0.25, -0.2) is 4.98 Å². The maximum absolute atomic E-state index is 12.0. The summed E-state index contributed by atoms with van der Waals surface area (Å²) in [4.78, 5) is 16.2. The van der Waals surface area contributed by atoms with E-state index in [4.69, 9.17) is 4.74 Å². The summed E-state index contributed by atoms with van der Waals surface area (Å²) in [6.07, 6.45) is 6.91. The van der Waals surface area contributed by atoms with Crippen molar-refractivity contribution in [3.05, 3.63) is 18.2 Å². The number of aromatic nitrogens is 2. The quantitative estimate of drug-likeness (QED) is 0.856. The molecule has 5 heteroatoms. The van der Waals surface area contributed by atoms with Crippen molar-refractivity contribution in [3.8, 4) is 0 Å². The molecule has 1 aromatic heterocycles. The molecule has 98 valence electrons. The molecule has 2 fully saturated rings. The predicted octanol–water partition coefficient (Wildman–Crippen LogP) is 0.739. The summed E-state index contributed by atoms with van der Waals surface area (Å²) >= 11 is 0. The predicted molar refractivity (Wildman–Crippen MR) is 66.0 cm³/mol. The van der Waals surface area contributed by atoms with E-state index in [9.17, 15) is 4.79 Å². The van der Waals surface area contributed by atoms with Crippen LogP contribution in [0.25, 0.3) is 0 Å². The van der Waals surface area contributed by atoms with Gasteiger partial charge in [-0.1, -0.05) is 6.92 Å². The molecule has 0 unspecified atom stereocenters. The summed E-state index contributed by atoms with van der Waals surface area (Å²) in [5.41, 5.74) is 0. The molecule has 0 spiro atoms. The standard InChI is InChI=1S/C13H19N3O2/c1-2-12-14-4-5-16(12)8-13(17)15-10-7-11-9(10)3-6-18-11/h4-5,9-11H,2-3,6-8H2,1H3,(H,15,17)/t9-,10+,11+/m0/s1. The Bertz CT molecular complexity index is 443. The molecule has 1 aliphatic heterocycles. The van der Waals surface area contributed by atoms with Gasteiger partial charge < -0.3 is 14.6 Å². The van der Waals surface area contributed by atoms with Gasteiger partial charge in [0.2, 0.25) is 5.91 Å². The fourth-order valence-corrected chi connectivity index (χ4v) is 2.97. The molecule has 0 aromatic carbocycles. The Morgan fingerprint density at radius 1 is 1.67 bits per heavy atom. The van der Waals surface area contributed by atoms with Gasteiger partial charge in [0, 0.05) is 37.4 Å². The largest absolute Gasteiger partial charge is 0.378 e. The van der Waals surface area contributed by atoms with Gasteiger partial charge in [0.05, 0.1) is 6.10 Å². The summed E-state index contributed by atoms with van der Waals surface area (Å²) in [5.74, 6) is 1.58. The highest BCUT2D eigenvalue weighted by atomic mass is 16.5. The Labute approximate surface area is 107 Å². The van der Waals surface area contributed by atoms with Gasteiger partial charge in [0.25, 0.3) is 0 Å². The summed E-state index contributed by atoms with van der Waals surface area (Å²) in [5, 5.41) is 3.11. The second-order valence-corrected chi connectivity index (χ2v) is 5.10. The third-order valence-electron chi connectivity index (χ3n) is 4.04. The zero-order chi connectivity index (χ0) is 12.5. The van der Waals surface area contributed by atoms with Crippen LogP contribution in [0, 0.1) is 5.92 Å². The van der Waals surface area contributed by atoms with Gasteiger partial charge in [0.15, 0.2) is 0 Å². The summed E-state index contributed by atoms with van der Waals surface area (Å²) in [6, 6.07) is 0.318. The van der Waals surface area contributed by atoms with E-state index in [0.29, 0.717) is 24.6 Å². The monoisotopic (exact) mass is 249 g/mol. The van der Waals surface area contributed by atoms with Crippen molar-refractivity contribution < 1.29 is 9.53 Å². The average Bonchev–Trinajstić information content (AvgIpc) is 2.92. The van der Waals surface area contributed by atoms with E-state index in [-0.39, 0.29) is 5.91 Å². The molecular formula is C13H19N3O2. The molecule has 0 bridgehead atoms. The number of fused-ring (bicyclic) bond motifs is 1. The Hall–Kier alpha value is -1.36. The maximum Gasteiger partial charge on any atom is 0.240 e. The number of imidazole rings is 1. The lowest BCUT2D eigenvalue weighted by molar-refractivity contribution is -0.124. The lowest BCUT2D eigenvalue weighted by atomic mass is 9.76. The number of carbonyl (C=O) groups excluding carboxylic acids is 1. The third kappa shape index (κ3) is 2.03. The highest BCUT2D eigenvalue weighted by Gasteiger charge is 2.45. The minimum Gasteiger partial charge on any atom is -0.378 e. The highest BCUT2D eigenvalue weighted by Crippen LogP contribution is 2.38. The zero-order valence-corrected chi connectivity index (χ0v) is 10.6. The Morgan fingerprint density at radius 3 is 3.33 bits per heavy atom. The van der Waals surface area contributed by atoms with Crippen LogP contribution >= 0.6 is 0 Å². The second-order valence-electron chi connectivity index (χ2n) is 5.10. The van der Waals surface area contributed by atoms with E-state index < -0.39 is 0 Å². The molecular weight excluding hydrogens is 230 g/mol. The van der Waals surface area contributed by atoms with Crippen molar-refractivity contribution in [3.63, 3.8) is 0 Å². The summed E-state index contributed by atoms with van der Waals surface area (Å²) in [7, 11) is 0. The fraction of sp³-hybridized carbons (Fsp3) is 0.692. The van der Waals surface area contributed by atoms with Crippen LogP contribution in [0.2, 0.25) is 0 Å². The van der Waals surface area contributed by atoms with Crippen molar-refractivity contribution >= 4 is 5.91 Å². The first-order valence-electron chi connectivity index (χ1n) is 6.69. The molecule has 5 nitrogen and oxygen atoms in total. The number of carbonyl (C=O) groups is 1. The molecule has 3 atom stereocenters. The first-order chi connectivity index (χ1) is 8.78. The Kier molecular flexibility index (Phi) is 3.07. The van der Waals surface area contributed by atoms with Crippen molar-refractivity contribution in [2.75, 3.05) is 6.61 Å². The molecule has 0 radical (unpaired) electrons. The molecule has 1 amide bonds. The third-order valence-corrected chi connectivity index (χ3v) is 4.04. The molecule has 1 N–H and O–H groups in total. The first-order valence-corrected chi connectivity index (χ1v) is 6.69. The number of hydrogen-bond donors (Lipinski definition) is 1. The number of nitrogens with zero attached hydrogens (tertiary/aromatic N) is 2. The van der Waals surface area contributed by atoms with Crippen LogP contribution in [0.1, 0.15) is 25.6 Å². The summed E-state index contributed by atoms with van der Waals surface area (Å²) < 4.78 is 7.45. The zero-order valence-electron chi connectivity index (χ0n) is 10.6. The Morgan fingerprint density at radius 2 is 2.56 bits per heavy atom. The van der Waals surface area contributed by atoms with Crippen LogP contribution in [-0.2, 0) is 22.5 Å². The number of amides is 1. The normalized spacial score (nSPS) is 29.7. The SMILES string of the molecule is CCc1nccn1CC(=O)N[C@@H]1C[C@H]2OCC[C@@H]12. The maximum atomic E-state index is 12.0. The molecule has 2 aliphatic rings. The van der Waals surface area contributed by atoms with Crippen molar-refractivity contribution in [1.29, 1.82) is 0 Å². The number of rotatable bonds is 4. The fourth-order valence-electron chi connectivity index (χ4n) is 2.97. The molecule has 2 heterocycles. The minimum atomic E-state index is 0.0815. The number of aryl methyl sites for hydroxylation is 1. The highest BCUT2D eigenvalue weighted by molar-refractivity contribution is 5.76. The van der Waals surface area contributed by atoms with Crippen LogP contribution in [0.5, 0.6) is 0 Å². The number of hydrogen-bond acceptors (Lipinski definition) is 3. The van der Waals surface area contributed by atoms with Crippen molar-refractivity contribution in [1.82, 2.24) is 14.9 Å². The molecule has 3 rings (SSSR count). The molecule has 1 saturated carbocycles. The first kappa shape index (κ1) is 11.7. The van der Waals surface area contributed by atoms with Gasteiger partial charge >= 0.3 is 0 Å². The van der Waals surface area contributed by atoms with Crippen LogP contribution in [0.4, 0.5) is 0 Å². The van der Waals surface area contributed by atoms with Gasteiger partial charge in [-0.05, 0) is 12.8 Å². The number of nitrogens with one attached hydrogen (secondary N) is 1. The van der Waals surface area contributed by atoms with Crippen LogP contribution in [0.3, 0.4) is 0 Å². The molecule has 1 saturated heterocycles. The minimum absolute atomic E-state index is 0.0815. The van der Waals surface area contributed by atoms with Crippen LogP contribution in [0.15, 0.2) is 12.4 Å². The Balaban J connectivity index is 1.53. The summed E-state index contributed by atoms with van der Waals surface area (Å²) in [6.45, 7) is 3.27.